The Kier molecular flexibility index (Phi) is 5.67. The van der Waals surface area contributed by atoms with Crippen LogP contribution in [0.2, 0.25) is 0 Å². The highest BCUT2D eigenvalue weighted by Crippen LogP contribution is 2.27. The Morgan fingerprint density at radius 3 is 2.83 bits per heavy atom. The first kappa shape index (κ1) is 22.8. The number of halogens is 3. The minimum absolute atomic E-state index is 0.159. The van der Waals surface area contributed by atoms with E-state index in [1.807, 2.05) is 0 Å². The molecule has 4 aromatic rings. The third-order valence-electron chi connectivity index (χ3n) is 5.15. The van der Waals surface area contributed by atoms with Crippen LogP contribution in [0.4, 0.5) is 13.2 Å². The van der Waals surface area contributed by atoms with Crippen molar-refractivity contribution in [1.29, 1.82) is 0 Å². The molecule has 0 atom stereocenters. The first-order valence-electron chi connectivity index (χ1n) is 10.6. The minimum Gasteiger partial charge on any atom is -0.493 e. The SMILES string of the molecule is O=C(NCCC(F)(F)F)c1ccc(-c2cc(=NC3CC3)n3ncc(=Cc4[nH]c(=O)[nH]c4O)c3n2)s1. The number of carbonyl (C=O) groups is 1. The van der Waals surface area contributed by atoms with Gasteiger partial charge in [-0.2, -0.15) is 22.8 Å². The molecule has 182 valence electrons. The first-order chi connectivity index (χ1) is 16.7. The number of thiophene rings is 1. The lowest BCUT2D eigenvalue weighted by Gasteiger charge is -2.06. The van der Waals surface area contributed by atoms with Gasteiger partial charge in [-0.1, -0.05) is 0 Å². The Labute approximate surface area is 197 Å². The topological polar surface area (TPSA) is 141 Å². The maximum absolute atomic E-state index is 12.4. The molecule has 0 aliphatic heterocycles. The summed E-state index contributed by atoms with van der Waals surface area (Å²) in [6, 6.07) is 5.10. The maximum atomic E-state index is 12.4. The normalized spacial score (nSPS) is 15.3. The van der Waals surface area contributed by atoms with Gasteiger partial charge < -0.3 is 15.4 Å². The van der Waals surface area contributed by atoms with E-state index in [0.717, 1.165) is 24.2 Å². The monoisotopic (exact) mass is 505 g/mol. The number of aromatic nitrogens is 5. The van der Waals surface area contributed by atoms with Gasteiger partial charge in [0.25, 0.3) is 5.91 Å². The Morgan fingerprint density at radius 1 is 1.34 bits per heavy atom. The number of hydrogen-bond donors (Lipinski definition) is 4. The van der Waals surface area contributed by atoms with Crippen molar-refractivity contribution in [2.45, 2.75) is 31.5 Å². The van der Waals surface area contributed by atoms with Crippen molar-refractivity contribution in [3.63, 3.8) is 0 Å². The van der Waals surface area contributed by atoms with Crippen molar-refractivity contribution in [2.24, 2.45) is 4.99 Å². The zero-order valence-electron chi connectivity index (χ0n) is 17.9. The molecule has 10 nitrogen and oxygen atoms in total. The summed E-state index contributed by atoms with van der Waals surface area (Å²) >= 11 is 1.09. The fraction of sp³-hybridized carbons (Fsp3) is 0.286. The van der Waals surface area contributed by atoms with E-state index in [9.17, 15) is 27.9 Å². The number of amides is 1. The number of rotatable bonds is 6. The molecule has 4 heterocycles. The zero-order chi connectivity index (χ0) is 24.7. The Hall–Kier alpha value is -3.94. The van der Waals surface area contributed by atoms with Crippen LogP contribution < -0.4 is 21.7 Å². The Bertz CT molecular complexity index is 1590. The van der Waals surface area contributed by atoms with Gasteiger partial charge in [-0.25, -0.2) is 9.78 Å². The summed E-state index contributed by atoms with van der Waals surface area (Å²) in [7, 11) is 0. The van der Waals surface area contributed by atoms with Crippen molar-refractivity contribution in [3.05, 3.63) is 56.2 Å². The van der Waals surface area contributed by atoms with Gasteiger partial charge in [0.15, 0.2) is 11.1 Å². The molecule has 0 unspecified atom stereocenters. The second-order valence-electron chi connectivity index (χ2n) is 7.97. The summed E-state index contributed by atoms with van der Waals surface area (Å²) in [5.41, 5.74) is 1.05. The average Bonchev–Trinajstić information content (AvgIpc) is 3.17. The van der Waals surface area contributed by atoms with Gasteiger partial charge in [-0.05, 0) is 31.1 Å². The summed E-state index contributed by atoms with van der Waals surface area (Å²) in [6.45, 7) is -0.507. The molecule has 1 saturated carbocycles. The standard InChI is InChI=1S/C21H18F3N7O3S/c22-21(23,24)5-6-25-19(33)15-4-3-14(35-15)12-8-16(27-11-1-2-11)31-17(28-12)10(9-26-31)7-13-18(32)30-20(34)29-13/h3-4,7-9,11,32H,1-2,5-6H2,(H,25,33)(H2,29,30,34). The van der Waals surface area contributed by atoms with E-state index < -0.39 is 30.7 Å². The molecule has 1 aliphatic carbocycles. The number of alkyl halides is 3. The van der Waals surface area contributed by atoms with Crippen LogP contribution in [0.1, 0.15) is 34.6 Å². The lowest BCUT2D eigenvalue weighted by molar-refractivity contribution is -0.132. The second-order valence-corrected chi connectivity index (χ2v) is 9.05. The number of H-pyrrole nitrogens is 2. The van der Waals surface area contributed by atoms with E-state index in [1.54, 1.807) is 16.6 Å². The van der Waals surface area contributed by atoms with Crippen LogP contribution in [0.25, 0.3) is 22.3 Å². The van der Waals surface area contributed by atoms with E-state index in [2.05, 4.69) is 30.4 Å². The van der Waals surface area contributed by atoms with Gasteiger partial charge in [0.2, 0.25) is 5.88 Å². The molecule has 14 heteroatoms. The molecule has 4 N–H and O–H groups in total. The third-order valence-corrected chi connectivity index (χ3v) is 6.26. The number of nitrogens with one attached hydrogen (secondary N) is 3. The third kappa shape index (κ3) is 5.11. The van der Waals surface area contributed by atoms with Crippen LogP contribution in [0.15, 0.2) is 34.2 Å². The van der Waals surface area contributed by atoms with Crippen LogP contribution in [0.3, 0.4) is 0 Å². The molecule has 0 radical (unpaired) electrons. The Balaban J connectivity index is 1.53. The quantitative estimate of drug-likeness (QED) is 0.314. The smallest absolute Gasteiger partial charge is 0.390 e. The van der Waals surface area contributed by atoms with Crippen molar-refractivity contribution >= 4 is 29.0 Å². The number of nitrogens with zero attached hydrogens (tertiary/aromatic N) is 4. The zero-order valence-corrected chi connectivity index (χ0v) is 18.7. The van der Waals surface area contributed by atoms with Gasteiger partial charge >= 0.3 is 11.9 Å². The molecule has 1 aliphatic rings. The van der Waals surface area contributed by atoms with Crippen LogP contribution in [-0.4, -0.2) is 54.3 Å². The van der Waals surface area contributed by atoms with Gasteiger partial charge in [-0.3, -0.25) is 14.8 Å². The molecule has 0 spiro atoms. The van der Waals surface area contributed by atoms with E-state index in [-0.39, 0.29) is 22.5 Å². The highest BCUT2D eigenvalue weighted by Gasteiger charge is 2.27. The number of imidazole rings is 1. The largest absolute Gasteiger partial charge is 0.493 e. The number of hydrogen-bond acceptors (Lipinski definition) is 7. The molecule has 0 aromatic carbocycles. The van der Waals surface area contributed by atoms with Gasteiger partial charge in [0.05, 0.1) is 34.1 Å². The summed E-state index contributed by atoms with van der Waals surface area (Å²) < 4.78 is 38.6. The lowest BCUT2D eigenvalue weighted by atomic mass is 10.3. The maximum Gasteiger partial charge on any atom is 0.390 e. The molecular weight excluding hydrogens is 487 g/mol. The minimum atomic E-state index is -4.35. The lowest BCUT2D eigenvalue weighted by Crippen LogP contribution is -2.27. The molecule has 5 rings (SSSR count). The molecule has 1 fully saturated rings. The summed E-state index contributed by atoms with van der Waals surface area (Å²) in [6.07, 6.45) is -0.501. The summed E-state index contributed by atoms with van der Waals surface area (Å²) in [5, 5.41) is 17.0. The van der Waals surface area contributed by atoms with E-state index >= 15 is 0 Å². The van der Waals surface area contributed by atoms with Crippen LogP contribution in [0, 0.1) is 0 Å². The van der Waals surface area contributed by atoms with Gasteiger partial charge in [-0.15, -0.1) is 11.3 Å². The van der Waals surface area contributed by atoms with Crippen LogP contribution in [-0.2, 0) is 0 Å². The van der Waals surface area contributed by atoms with Crippen LogP contribution >= 0.6 is 11.3 Å². The number of aromatic amines is 2. The average molecular weight is 505 g/mol. The predicted molar refractivity (Wildman–Crippen MR) is 120 cm³/mol. The highest BCUT2D eigenvalue weighted by molar-refractivity contribution is 7.17. The number of carbonyl (C=O) groups excluding carboxylic acids is 1. The first-order valence-corrected chi connectivity index (χ1v) is 11.4. The molecule has 35 heavy (non-hydrogen) atoms. The highest BCUT2D eigenvalue weighted by atomic mass is 32.1. The van der Waals surface area contributed by atoms with Crippen LogP contribution in [0.5, 0.6) is 5.88 Å². The van der Waals surface area contributed by atoms with E-state index in [1.165, 1.54) is 18.3 Å². The predicted octanol–water partition coefficient (Wildman–Crippen LogP) is 1.47. The Morgan fingerprint density at radius 2 is 2.14 bits per heavy atom. The number of fused-ring (bicyclic) bond motifs is 1. The van der Waals surface area contributed by atoms with Gasteiger partial charge in [0.1, 0.15) is 5.69 Å². The summed E-state index contributed by atoms with van der Waals surface area (Å²) in [5.74, 6) is -0.924. The fourth-order valence-electron chi connectivity index (χ4n) is 3.32. The molecule has 0 bridgehead atoms. The fourth-order valence-corrected chi connectivity index (χ4v) is 4.21. The van der Waals surface area contributed by atoms with Gasteiger partial charge in [0, 0.05) is 17.8 Å². The number of aromatic hydroxyl groups is 1. The molecular formula is C21H18F3N7O3S. The molecule has 1 amide bonds. The summed E-state index contributed by atoms with van der Waals surface area (Å²) in [4.78, 5) is 38.7. The second kappa shape index (κ2) is 8.69. The molecule has 4 aromatic heterocycles. The van der Waals surface area contributed by atoms with E-state index in [4.69, 9.17) is 0 Å². The van der Waals surface area contributed by atoms with Crippen molar-refractivity contribution < 1.29 is 23.1 Å². The van der Waals surface area contributed by atoms with Crippen molar-refractivity contribution in [1.82, 2.24) is 29.9 Å². The van der Waals surface area contributed by atoms with Crippen molar-refractivity contribution in [3.8, 4) is 16.5 Å². The molecule has 0 saturated heterocycles. The van der Waals surface area contributed by atoms with E-state index in [0.29, 0.717) is 26.9 Å². The van der Waals surface area contributed by atoms with Crippen molar-refractivity contribution in [2.75, 3.05) is 6.54 Å².